The fourth-order valence-corrected chi connectivity index (χ4v) is 3.10. The van der Waals surface area contributed by atoms with Gasteiger partial charge in [0, 0.05) is 13.0 Å². The van der Waals surface area contributed by atoms with Crippen LogP contribution in [0.15, 0.2) is 35.3 Å². The highest BCUT2D eigenvalue weighted by atomic mass is 16.4. The zero-order valence-corrected chi connectivity index (χ0v) is 20.0. The van der Waals surface area contributed by atoms with Crippen LogP contribution in [-0.4, -0.2) is 88.4 Å². The van der Waals surface area contributed by atoms with E-state index in [4.69, 9.17) is 22.3 Å². The Morgan fingerprint density at radius 2 is 1.56 bits per heavy atom. The summed E-state index contributed by atoms with van der Waals surface area (Å²) < 4.78 is 0. The topological polar surface area (TPSA) is 255 Å². The average Bonchev–Trinajstić information content (AvgIpc) is 2.82. The van der Waals surface area contributed by atoms with Crippen molar-refractivity contribution in [1.82, 2.24) is 16.0 Å². The molecule has 36 heavy (non-hydrogen) atoms. The Hall–Kier alpha value is -3.75. The average molecular weight is 510 g/mol. The molecule has 12 N–H and O–H groups in total. The van der Waals surface area contributed by atoms with E-state index in [-0.39, 0.29) is 25.3 Å². The van der Waals surface area contributed by atoms with E-state index in [0.29, 0.717) is 12.0 Å². The molecule has 0 aromatic heterocycles. The third-order valence-corrected chi connectivity index (χ3v) is 5.08. The van der Waals surface area contributed by atoms with Gasteiger partial charge in [0.1, 0.15) is 12.1 Å². The van der Waals surface area contributed by atoms with E-state index in [1.165, 1.54) is 0 Å². The Morgan fingerprint density at radius 1 is 0.972 bits per heavy atom. The monoisotopic (exact) mass is 509 g/mol. The van der Waals surface area contributed by atoms with Crippen LogP contribution in [-0.2, 0) is 25.6 Å². The van der Waals surface area contributed by atoms with Crippen molar-refractivity contribution in [3.63, 3.8) is 0 Å². The SMILES string of the molecule is CC(O)C(NC(=O)C(CO)NC(=O)C(Cc1ccccc1)NC(=O)C(N)CCCN=C(N)N)C(=O)O. The summed E-state index contributed by atoms with van der Waals surface area (Å²) in [7, 11) is 0. The second-order valence-electron chi connectivity index (χ2n) is 8.12. The highest BCUT2D eigenvalue weighted by Gasteiger charge is 2.31. The van der Waals surface area contributed by atoms with E-state index in [9.17, 15) is 29.4 Å². The van der Waals surface area contributed by atoms with Gasteiger partial charge in [-0.3, -0.25) is 19.4 Å². The van der Waals surface area contributed by atoms with E-state index >= 15 is 0 Å². The van der Waals surface area contributed by atoms with Gasteiger partial charge < -0.3 is 48.5 Å². The van der Waals surface area contributed by atoms with E-state index in [0.717, 1.165) is 6.92 Å². The van der Waals surface area contributed by atoms with E-state index < -0.39 is 60.6 Å². The fourth-order valence-electron chi connectivity index (χ4n) is 3.10. The van der Waals surface area contributed by atoms with Gasteiger partial charge in [-0.1, -0.05) is 30.3 Å². The van der Waals surface area contributed by atoms with Crippen molar-refractivity contribution >= 4 is 29.7 Å². The summed E-state index contributed by atoms with van der Waals surface area (Å²) in [4.78, 5) is 53.1. The van der Waals surface area contributed by atoms with Crippen molar-refractivity contribution in [2.24, 2.45) is 22.2 Å². The van der Waals surface area contributed by atoms with Crippen LogP contribution in [0.3, 0.4) is 0 Å². The van der Waals surface area contributed by atoms with Crippen molar-refractivity contribution in [2.45, 2.75) is 56.5 Å². The molecular formula is C22H35N7O7. The first-order chi connectivity index (χ1) is 17.0. The Labute approximate surface area is 208 Å². The summed E-state index contributed by atoms with van der Waals surface area (Å²) in [5.41, 5.74) is 17.1. The quantitative estimate of drug-likeness (QED) is 0.0640. The summed E-state index contributed by atoms with van der Waals surface area (Å²) in [5.74, 6) is -4.04. The molecule has 0 saturated heterocycles. The maximum atomic E-state index is 13.0. The van der Waals surface area contributed by atoms with Crippen LogP contribution in [0.1, 0.15) is 25.3 Å². The molecule has 200 valence electrons. The minimum Gasteiger partial charge on any atom is -0.480 e. The van der Waals surface area contributed by atoms with Crippen LogP contribution in [0, 0.1) is 0 Å². The summed E-state index contributed by atoms with van der Waals surface area (Å²) in [6.07, 6.45) is -0.729. The van der Waals surface area contributed by atoms with E-state index in [1.54, 1.807) is 30.3 Å². The molecule has 0 radical (unpaired) electrons. The van der Waals surface area contributed by atoms with Gasteiger partial charge in [-0.15, -0.1) is 0 Å². The first-order valence-electron chi connectivity index (χ1n) is 11.2. The van der Waals surface area contributed by atoms with E-state index in [1.807, 2.05) is 0 Å². The van der Waals surface area contributed by atoms with Crippen LogP contribution in [0.4, 0.5) is 0 Å². The molecule has 0 aliphatic rings. The number of aliphatic hydroxyl groups is 2. The highest BCUT2D eigenvalue weighted by molar-refractivity contribution is 5.94. The first kappa shape index (κ1) is 30.3. The Bertz CT molecular complexity index is 907. The number of amides is 3. The molecule has 0 spiro atoms. The Kier molecular flexibility index (Phi) is 12.9. The number of rotatable bonds is 15. The van der Waals surface area contributed by atoms with Crippen LogP contribution in [0.5, 0.6) is 0 Å². The molecule has 0 bridgehead atoms. The predicted octanol–water partition coefficient (Wildman–Crippen LogP) is -3.48. The van der Waals surface area contributed by atoms with Gasteiger partial charge in [0.2, 0.25) is 17.7 Å². The number of aliphatic imine (C=N–C) groups is 1. The van der Waals surface area contributed by atoms with Crippen molar-refractivity contribution in [1.29, 1.82) is 0 Å². The maximum Gasteiger partial charge on any atom is 0.328 e. The number of carbonyl (C=O) groups is 4. The number of carboxylic acid groups (broad SMARTS) is 1. The summed E-state index contributed by atoms with van der Waals surface area (Å²) in [6, 6.07) is 3.40. The molecule has 0 heterocycles. The lowest BCUT2D eigenvalue weighted by Gasteiger charge is -2.25. The number of nitrogens with one attached hydrogen (secondary N) is 3. The van der Waals surface area contributed by atoms with Crippen LogP contribution < -0.4 is 33.2 Å². The lowest BCUT2D eigenvalue weighted by atomic mass is 10.0. The third kappa shape index (κ3) is 10.7. The summed E-state index contributed by atoms with van der Waals surface area (Å²) in [6.45, 7) is 0.575. The van der Waals surface area contributed by atoms with Gasteiger partial charge in [-0.25, -0.2) is 4.79 Å². The van der Waals surface area contributed by atoms with Gasteiger partial charge in [0.15, 0.2) is 12.0 Å². The number of carboxylic acids is 1. The molecule has 0 aliphatic heterocycles. The molecule has 0 fully saturated rings. The van der Waals surface area contributed by atoms with Gasteiger partial charge in [0.05, 0.1) is 18.8 Å². The minimum absolute atomic E-state index is 0.0460. The molecule has 14 heteroatoms. The molecule has 1 rings (SSSR count). The highest BCUT2D eigenvalue weighted by Crippen LogP contribution is 2.06. The van der Waals surface area contributed by atoms with Crippen LogP contribution in [0.25, 0.3) is 0 Å². The number of hydrogen-bond donors (Lipinski definition) is 9. The lowest BCUT2D eigenvalue weighted by Crippen LogP contribution is -2.59. The molecule has 1 aromatic carbocycles. The molecule has 0 saturated carbocycles. The lowest BCUT2D eigenvalue weighted by molar-refractivity contribution is -0.145. The van der Waals surface area contributed by atoms with Crippen molar-refractivity contribution in [3.05, 3.63) is 35.9 Å². The number of benzene rings is 1. The zero-order valence-electron chi connectivity index (χ0n) is 20.0. The minimum atomic E-state index is -1.65. The largest absolute Gasteiger partial charge is 0.480 e. The summed E-state index contributed by atoms with van der Waals surface area (Å²) >= 11 is 0. The maximum absolute atomic E-state index is 13.0. The van der Waals surface area contributed by atoms with E-state index in [2.05, 4.69) is 20.9 Å². The van der Waals surface area contributed by atoms with Crippen molar-refractivity contribution in [2.75, 3.05) is 13.2 Å². The smallest absolute Gasteiger partial charge is 0.328 e. The number of hydrogen-bond acceptors (Lipinski definition) is 8. The van der Waals surface area contributed by atoms with Gasteiger partial charge in [0.25, 0.3) is 0 Å². The van der Waals surface area contributed by atoms with Gasteiger partial charge in [-0.2, -0.15) is 0 Å². The molecule has 14 nitrogen and oxygen atoms in total. The molecule has 5 atom stereocenters. The molecular weight excluding hydrogens is 474 g/mol. The summed E-state index contributed by atoms with van der Waals surface area (Å²) in [5, 5.41) is 35.2. The fraction of sp³-hybridized carbons (Fsp3) is 0.500. The normalized spacial score (nSPS) is 14.9. The number of nitrogens with zero attached hydrogens (tertiary/aromatic N) is 1. The standard InChI is InChI=1S/C22H35N7O7/c1-12(31)17(21(35)36)29-20(34)16(11-30)28-19(33)15(10-13-6-3-2-4-7-13)27-18(32)14(23)8-5-9-26-22(24)25/h2-4,6-7,12,14-17,30-31H,5,8-11,23H2,1H3,(H,27,32)(H,28,33)(H,29,34)(H,35,36)(H4,24,25,26). The predicted molar refractivity (Wildman–Crippen MR) is 130 cm³/mol. The second kappa shape index (κ2) is 15.3. The number of aliphatic carboxylic acids is 1. The third-order valence-electron chi connectivity index (χ3n) is 5.08. The van der Waals surface area contributed by atoms with Crippen molar-refractivity contribution in [3.8, 4) is 0 Å². The molecule has 0 aliphatic carbocycles. The van der Waals surface area contributed by atoms with Crippen molar-refractivity contribution < 1.29 is 34.5 Å². The molecule has 3 amide bonds. The first-order valence-corrected chi connectivity index (χ1v) is 11.2. The van der Waals surface area contributed by atoms with Crippen LogP contribution in [0.2, 0.25) is 0 Å². The Balaban J connectivity index is 2.93. The van der Waals surface area contributed by atoms with Crippen LogP contribution >= 0.6 is 0 Å². The number of aliphatic hydroxyl groups excluding tert-OH is 2. The number of nitrogens with two attached hydrogens (primary N) is 3. The second-order valence-corrected chi connectivity index (χ2v) is 8.12. The zero-order chi connectivity index (χ0) is 27.3. The Morgan fingerprint density at radius 3 is 2.08 bits per heavy atom. The number of guanidine groups is 1. The van der Waals surface area contributed by atoms with Gasteiger partial charge >= 0.3 is 5.97 Å². The van der Waals surface area contributed by atoms with Gasteiger partial charge in [-0.05, 0) is 25.3 Å². The molecule has 1 aromatic rings. The molecule has 5 unspecified atom stereocenters. The number of carbonyl (C=O) groups excluding carboxylic acids is 3.